The summed E-state index contributed by atoms with van der Waals surface area (Å²) in [7, 11) is 3.91. The van der Waals surface area contributed by atoms with E-state index in [-0.39, 0.29) is 23.8 Å². The van der Waals surface area contributed by atoms with Crippen LogP contribution in [-0.4, -0.2) is 48.0 Å². The summed E-state index contributed by atoms with van der Waals surface area (Å²) < 4.78 is 26.3. The lowest BCUT2D eigenvalue weighted by atomic mass is 10.1. The number of amides is 1. The Balaban J connectivity index is 1.62. The van der Waals surface area contributed by atoms with E-state index in [1.54, 1.807) is 36.5 Å². The highest BCUT2D eigenvalue weighted by Crippen LogP contribution is 2.36. The summed E-state index contributed by atoms with van der Waals surface area (Å²) in [5, 5.41) is 16.5. The second-order valence-electron chi connectivity index (χ2n) is 9.29. The fraction of sp³-hybridized carbons (Fsp3) is 0.267. The van der Waals surface area contributed by atoms with Crippen molar-refractivity contribution >= 4 is 33.9 Å². The van der Waals surface area contributed by atoms with Gasteiger partial charge in [0.05, 0.1) is 34.8 Å². The summed E-state index contributed by atoms with van der Waals surface area (Å²) in [6.45, 7) is 3.16. The van der Waals surface area contributed by atoms with Crippen LogP contribution in [-0.2, 0) is 11.4 Å². The molecule has 9 nitrogen and oxygen atoms in total. The van der Waals surface area contributed by atoms with Crippen LogP contribution in [0.3, 0.4) is 0 Å². The number of hydrogen-bond acceptors (Lipinski definition) is 8. The summed E-state index contributed by atoms with van der Waals surface area (Å²) in [6, 6.07) is 15.5. The molecule has 2 aromatic carbocycles. The van der Waals surface area contributed by atoms with Gasteiger partial charge in [0, 0.05) is 42.0 Å². The highest BCUT2D eigenvalue weighted by atomic mass is 19.1. The Labute approximate surface area is 232 Å². The number of nitrogens with one attached hydrogen (secondary N) is 2. The molecule has 0 aliphatic carbocycles. The molecule has 0 atom stereocenters. The third-order valence-corrected chi connectivity index (χ3v) is 5.98. The molecule has 0 aliphatic heterocycles. The van der Waals surface area contributed by atoms with Gasteiger partial charge < -0.3 is 25.0 Å². The SMILES string of the molecule is CCOc1cc2ncc(C#N)c(Nc3ccc(OCc4ccccn4)c(F)c3)c2cc1NC(=O)CCCN(C)C. The zero-order chi connectivity index (χ0) is 28.5. The van der Waals surface area contributed by atoms with Crippen molar-refractivity contribution in [1.29, 1.82) is 5.26 Å². The number of carbonyl (C=O) groups excluding carboxylic acids is 1. The van der Waals surface area contributed by atoms with Gasteiger partial charge in [-0.1, -0.05) is 6.07 Å². The first-order valence-electron chi connectivity index (χ1n) is 12.9. The zero-order valence-electron chi connectivity index (χ0n) is 22.7. The van der Waals surface area contributed by atoms with Gasteiger partial charge >= 0.3 is 0 Å². The van der Waals surface area contributed by atoms with Gasteiger partial charge in [0.1, 0.15) is 18.4 Å². The minimum atomic E-state index is -0.567. The lowest BCUT2D eigenvalue weighted by Crippen LogP contribution is -2.17. The molecule has 0 radical (unpaired) electrons. The van der Waals surface area contributed by atoms with Gasteiger partial charge in [-0.15, -0.1) is 0 Å². The van der Waals surface area contributed by atoms with Crippen molar-refractivity contribution in [2.45, 2.75) is 26.4 Å². The van der Waals surface area contributed by atoms with E-state index in [4.69, 9.17) is 9.47 Å². The van der Waals surface area contributed by atoms with Gasteiger partial charge in [-0.3, -0.25) is 14.8 Å². The van der Waals surface area contributed by atoms with E-state index in [1.165, 1.54) is 18.3 Å². The number of hydrogen-bond donors (Lipinski definition) is 2. The van der Waals surface area contributed by atoms with Gasteiger partial charge in [-0.05, 0) is 64.3 Å². The van der Waals surface area contributed by atoms with Crippen molar-refractivity contribution in [2.75, 3.05) is 37.9 Å². The summed E-state index contributed by atoms with van der Waals surface area (Å²) in [5.74, 6) is -0.164. The molecule has 0 spiro atoms. The Morgan fingerprint density at radius 2 is 1.95 bits per heavy atom. The first-order valence-corrected chi connectivity index (χ1v) is 12.9. The number of rotatable bonds is 12. The van der Waals surface area contributed by atoms with E-state index in [0.717, 1.165) is 6.54 Å². The quantitative estimate of drug-likeness (QED) is 0.236. The van der Waals surface area contributed by atoms with Gasteiger partial charge in [0.25, 0.3) is 0 Å². The molecule has 2 heterocycles. The van der Waals surface area contributed by atoms with Crippen molar-refractivity contribution in [2.24, 2.45) is 0 Å². The number of halogens is 1. The van der Waals surface area contributed by atoms with Crippen LogP contribution in [0.5, 0.6) is 11.5 Å². The molecular weight excluding hydrogens is 511 g/mol. The van der Waals surface area contributed by atoms with Crippen LogP contribution in [0.1, 0.15) is 31.0 Å². The van der Waals surface area contributed by atoms with Gasteiger partial charge in [0.2, 0.25) is 5.91 Å². The standard InChI is InChI=1S/C30H31FN6O3/c1-4-39-28-16-25-23(15-26(28)36-29(38)9-7-13-37(2)3)30(20(17-32)18-34-25)35-21-10-11-27(24(31)14-21)40-19-22-8-5-6-12-33-22/h5-6,8,10-12,14-16,18H,4,7,9,13,19H2,1-3H3,(H,34,35)(H,36,38). The van der Waals surface area contributed by atoms with E-state index in [0.29, 0.717) is 58.9 Å². The molecule has 4 aromatic rings. The maximum absolute atomic E-state index is 14.9. The molecule has 0 fully saturated rings. The topological polar surface area (TPSA) is 112 Å². The van der Waals surface area contributed by atoms with Crippen molar-refractivity contribution in [1.82, 2.24) is 14.9 Å². The molecule has 4 rings (SSSR count). The normalized spacial score (nSPS) is 10.8. The number of nitriles is 1. The monoisotopic (exact) mass is 542 g/mol. The van der Waals surface area contributed by atoms with Gasteiger partial charge in [-0.25, -0.2) is 4.39 Å². The van der Waals surface area contributed by atoms with Crippen LogP contribution in [0, 0.1) is 17.1 Å². The van der Waals surface area contributed by atoms with Crippen LogP contribution < -0.4 is 20.1 Å². The molecule has 40 heavy (non-hydrogen) atoms. The van der Waals surface area contributed by atoms with E-state index in [1.807, 2.05) is 32.0 Å². The van der Waals surface area contributed by atoms with Crippen molar-refractivity contribution in [3.8, 4) is 17.6 Å². The molecule has 2 N–H and O–H groups in total. The number of fused-ring (bicyclic) bond motifs is 1. The first-order chi connectivity index (χ1) is 19.4. The van der Waals surface area contributed by atoms with Gasteiger partial charge in [-0.2, -0.15) is 5.26 Å². The molecule has 2 aromatic heterocycles. The smallest absolute Gasteiger partial charge is 0.224 e. The highest BCUT2D eigenvalue weighted by molar-refractivity contribution is 6.02. The van der Waals surface area contributed by atoms with Crippen molar-refractivity contribution in [3.63, 3.8) is 0 Å². The van der Waals surface area contributed by atoms with E-state index >= 15 is 0 Å². The van der Waals surface area contributed by atoms with Gasteiger partial charge in [0.15, 0.2) is 11.6 Å². The zero-order valence-corrected chi connectivity index (χ0v) is 22.7. The average molecular weight is 543 g/mol. The minimum absolute atomic E-state index is 0.0805. The van der Waals surface area contributed by atoms with Crippen LogP contribution in [0.15, 0.2) is 60.9 Å². The fourth-order valence-corrected chi connectivity index (χ4v) is 4.06. The van der Waals surface area contributed by atoms with Crippen LogP contribution in [0.25, 0.3) is 10.9 Å². The third-order valence-electron chi connectivity index (χ3n) is 5.98. The average Bonchev–Trinajstić information content (AvgIpc) is 2.94. The Kier molecular flexibility index (Phi) is 9.44. The number of carbonyl (C=O) groups is 1. The van der Waals surface area contributed by atoms with Crippen LogP contribution in [0.4, 0.5) is 21.5 Å². The maximum Gasteiger partial charge on any atom is 0.224 e. The molecular formula is C30H31FN6O3. The molecule has 0 saturated heterocycles. The Morgan fingerprint density at radius 1 is 1.10 bits per heavy atom. The molecule has 10 heteroatoms. The van der Waals surface area contributed by atoms with E-state index in [2.05, 4.69) is 26.7 Å². The second-order valence-corrected chi connectivity index (χ2v) is 9.29. The van der Waals surface area contributed by atoms with E-state index < -0.39 is 5.82 Å². The lowest BCUT2D eigenvalue weighted by Gasteiger charge is -2.17. The van der Waals surface area contributed by atoms with E-state index in [9.17, 15) is 14.4 Å². The predicted molar refractivity (Wildman–Crippen MR) is 152 cm³/mol. The molecule has 0 saturated carbocycles. The highest BCUT2D eigenvalue weighted by Gasteiger charge is 2.16. The number of pyridine rings is 2. The number of benzene rings is 2. The third kappa shape index (κ3) is 7.21. The molecule has 206 valence electrons. The van der Waals surface area contributed by atoms with Crippen molar-refractivity contribution in [3.05, 3.63) is 78.0 Å². The minimum Gasteiger partial charge on any atom is -0.492 e. The second kappa shape index (κ2) is 13.4. The Morgan fingerprint density at radius 3 is 2.65 bits per heavy atom. The lowest BCUT2D eigenvalue weighted by molar-refractivity contribution is -0.116. The first kappa shape index (κ1) is 28.3. The van der Waals surface area contributed by atoms with Crippen LogP contribution in [0.2, 0.25) is 0 Å². The summed E-state index contributed by atoms with van der Waals surface area (Å²) in [5.41, 5.74) is 2.80. The number of anilines is 3. The number of nitrogens with zero attached hydrogens (tertiary/aromatic N) is 4. The maximum atomic E-state index is 14.9. The number of aromatic nitrogens is 2. The molecule has 1 amide bonds. The summed E-state index contributed by atoms with van der Waals surface area (Å²) in [6.07, 6.45) is 4.14. The molecule has 0 unspecified atom stereocenters. The molecule has 0 aliphatic rings. The Bertz CT molecular complexity index is 1520. The fourth-order valence-electron chi connectivity index (χ4n) is 4.06. The summed E-state index contributed by atoms with van der Waals surface area (Å²) >= 11 is 0. The summed E-state index contributed by atoms with van der Waals surface area (Å²) in [4.78, 5) is 23.3. The molecule has 0 bridgehead atoms. The predicted octanol–water partition coefficient (Wildman–Crippen LogP) is 5.64. The van der Waals surface area contributed by atoms with Crippen LogP contribution >= 0.6 is 0 Å². The Hall–Kier alpha value is -4.75. The number of ether oxygens (including phenoxy) is 2. The van der Waals surface area contributed by atoms with Crippen molar-refractivity contribution < 1.29 is 18.7 Å². The largest absolute Gasteiger partial charge is 0.492 e.